The number of aliphatic hydroxyl groups is 1. The fourth-order valence-corrected chi connectivity index (χ4v) is 6.23. The molecule has 2 aromatic heterocycles. The molecule has 216 valence electrons. The predicted octanol–water partition coefficient (Wildman–Crippen LogP) is 4.04. The lowest BCUT2D eigenvalue weighted by Gasteiger charge is -2.36. The standard InChI is InChI=1S/C30H43N5O4Si/c1-20-16-35(19-39-11-12-40(4,5)6)28-27(20)33-25(15-32-28)22-13-21-7-9-34(29(36)30(2,3)37)17-24(21)23(14-22)26-18-38-10-8-31-26/h13-16,26,31,37H,7-12,17-19H2,1-6H3/t26-/m0/s1. The van der Waals surface area contributed by atoms with E-state index in [1.54, 1.807) is 18.7 Å². The second-order valence-corrected chi connectivity index (χ2v) is 18.5. The van der Waals surface area contributed by atoms with E-state index >= 15 is 0 Å². The number of hydrogen-bond acceptors (Lipinski definition) is 7. The van der Waals surface area contributed by atoms with Crippen LogP contribution in [0.25, 0.3) is 22.4 Å². The third-order valence-electron chi connectivity index (χ3n) is 7.76. The molecule has 2 aliphatic rings. The Bertz CT molecular complexity index is 1390. The fourth-order valence-electron chi connectivity index (χ4n) is 5.47. The van der Waals surface area contributed by atoms with Gasteiger partial charge in [-0.05, 0) is 67.6 Å². The molecule has 0 spiro atoms. The van der Waals surface area contributed by atoms with E-state index < -0.39 is 13.7 Å². The molecule has 5 rings (SSSR count). The Morgan fingerprint density at radius 3 is 2.80 bits per heavy atom. The highest BCUT2D eigenvalue weighted by Gasteiger charge is 2.33. The van der Waals surface area contributed by atoms with Crippen LogP contribution in [0.3, 0.4) is 0 Å². The van der Waals surface area contributed by atoms with Crippen LogP contribution in [0.15, 0.2) is 24.5 Å². The molecule has 1 fully saturated rings. The van der Waals surface area contributed by atoms with E-state index in [4.69, 9.17) is 19.4 Å². The van der Waals surface area contributed by atoms with Gasteiger partial charge in [-0.2, -0.15) is 0 Å². The Morgan fingerprint density at radius 2 is 2.10 bits per heavy atom. The molecule has 9 nitrogen and oxygen atoms in total. The number of aromatic nitrogens is 3. The SMILES string of the molecule is Cc1cn(COCC[Si](C)(C)C)c2ncc(-c3cc4c(c([C@@H]5COCCN5)c3)CN(C(=O)C(C)(C)O)CC4)nc12. The van der Waals surface area contributed by atoms with Crippen molar-refractivity contribution in [2.24, 2.45) is 0 Å². The van der Waals surface area contributed by atoms with Crippen LogP contribution in [-0.2, 0) is 34.0 Å². The molecule has 4 heterocycles. The average Bonchev–Trinajstić information content (AvgIpc) is 3.23. The molecule has 1 saturated heterocycles. The van der Waals surface area contributed by atoms with Crippen LogP contribution >= 0.6 is 0 Å². The number of ether oxygens (including phenoxy) is 2. The summed E-state index contributed by atoms with van der Waals surface area (Å²) in [6.07, 6.45) is 4.63. The van der Waals surface area contributed by atoms with E-state index in [9.17, 15) is 9.90 Å². The monoisotopic (exact) mass is 565 g/mol. The first-order valence-electron chi connectivity index (χ1n) is 14.3. The van der Waals surface area contributed by atoms with Crippen LogP contribution in [0.2, 0.25) is 25.7 Å². The van der Waals surface area contributed by atoms with Gasteiger partial charge in [0.05, 0.1) is 31.1 Å². The molecular weight excluding hydrogens is 522 g/mol. The summed E-state index contributed by atoms with van der Waals surface area (Å²) in [7, 11) is -1.14. The number of amides is 1. The first-order chi connectivity index (χ1) is 18.9. The van der Waals surface area contributed by atoms with Gasteiger partial charge in [0.2, 0.25) is 0 Å². The normalized spacial score (nSPS) is 18.3. The zero-order valence-corrected chi connectivity index (χ0v) is 25.7. The molecular formula is C30H43N5O4Si. The zero-order chi connectivity index (χ0) is 28.7. The number of morpholine rings is 1. The Kier molecular flexibility index (Phi) is 8.18. The van der Waals surface area contributed by atoms with Crippen LogP contribution in [0, 0.1) is 6.92 Å². The predicted molar refractivity (Wildman–Crippen MR) is 159 cm³/mol. The molecule has 0 unspecified atom stereocenters. The van der Waals surface area contributed by atoms with Crippen LogP contribution in [-0.4, -0.2) is 77.0 Å². The number of benzene rings is 1. The number of nitrogens with zero attached hydrogens (tertiary/aromatic N) is 4. The molecule has 10 heteroatoms. The molecule has 40 heavy (non-hydrogen) atoms. The first-order valence-corrected chi connectivity index (χ1v) is 18.0. The lowest BCUT2D eigenvalue weighted by molar-refractivity contribution is -0.148. The van der Waals surface area contributed by atoms with E-state index in [1.807, 2.05) is 10.8 Å². The number of hydrogen-bond donors (Lipinski definition) is 2. The van der Waals surface area contributed by atoms with Crippen molar-refractivity contribution in [3.8, 4) is 11.3 Å². The smallest absolute Gasteiger partial charge is 0.254 e. The van der Waals surface area contributed by atoms with Gasteiger partial charge >= 0.3 is 0 Å². The highest BCUT2D eigenvalue weighted by molar-refractivity contribution is 6.76. The molecule has 2 aliphatic heterocycles. The van der Waals surface area contributed by atoms with Gasteiger partial charge < -0.3 is 29.4 Å². The second kappa shape index (κ2) is 11.3. The second-order valence-electron chi connectivity index (χ2n) is 12.9. The lowest BCUT2D eigenvalue weighted by Crippen LogP contribution is -2.47. The Morgan fingerprint density at radius 1 is 1.30 bits per heavy atom. The van der Waals surface area contributed by atoms with Gasteiger partial charge in [0, 0.05) is 46.1 Å². The highest BCUT2D eigenvalue weighted by Crippen LogP contribution is 2.34. The molecule has 0 radical (unpaired) electrons. The molecule has 3 aromatic rings. The number of carbonyl (C=O) groups excluding carboxylic acids is 1. The van der Waals surface area contributed by atoms with Crippen molar-refractivity contribution in [3.63, 3.8) is 0 Å². The van der Waals surface area contributed by atoms with Gasteiger partial charge in [0.25, 0.3) is 5.91 Å². The maximum atomic E-state index is 12.9. The summed E-state index contributed by atoms with van der Waals surface area (Å²) in [5.41, 5.74) is 6.66. The quantitative estimate of drug-likeness (QED) is 0.314. The van der Waals surface area contributed by atoms with E-state index in [1.165, 1.54) is 5.56 Å². The van der Waals surface area contributed by atoms with Crippen molar-refractivity contribution in [1.29, 1.82) is 0 Å². The average molecular weight is 566 g/mol. The number of aryl methyl sites for hydroxylation is 1. The number of nitrogens with one attached hydrogen (secondary N) is 1. The zero-order valence-electron chi connectivity index (χ0n) is 24.7. The van der Waals surface area contributed by atoms with Gasteiger partial charge in [0.1, 0.15) is 17.8 Å². The van der Waals surface area contributed by atoms with Crippen LogP contribution in [0.5, 0.6) is 0 Å². The summed E-state index contributed by atoms with van der Waals surface area (Å²) in [6.45, 7) is 16.5. The van der Waals surface area contributed by atoms with Crippen molar-refractivity contribution in [1.82, 2.24) is 24.8 Å². The van der Waals surface area contributed by atoms with E-state index in [0.29, 0.717) is 39.5 Å². The van der Waals surface area contributed by atoms with Crippen molar-refractivity contribution >= 4 is 25.1 Å². The van der Waals surface area contributed by atoms with Crippen LogP contribution < -0.4 is 5.32 Å². The minimum Gasteiger partial charge on any atom is -0.381 e. The fraction of sp³-hybridized carbons (Fsp3) is 0.567. The minimum atomic E-state index is -1.40. The summed E-state index contributed by atoms with van der Waals surface area (Å²) in [5.74, 6) is -0.248. The maximum absolute atomic E-state index is 12.9. The molecule has 2 N–H and O–H groups in total. The third kappa shape index (κ3) is 6.31. The Labute approximate surface area is 237 Å². The third-order valence-corrected chi connectivity index (χ3v) is 9.46. The van der Waals surface area contributed by atoms with Crippen molar-refractivity contribution in [2.75, 3.05) is 32.9 Å². The molecule has 1 amide bonds. The topological polar surface area (TPSA) is 102 Å². The Hall–Kier alpha value is -2.63. The Balaban J connectivity index is 1.46. The van der Waals surface area contributed by atoms with Crippen molar-refractivity contribution in [3.05, 3.63) is 46.8 Å². The number of carbonyl (C=O) groups is 1. The van der Waals surface area contributed by atoms with Gasteiger partial charge in [-0.3, -0.25) is 4.79 Å². The number of rotatable bonds is 8. The van der Waals surface area contributed by atoms with E-state index in [2.05, 4.69) is 50.2 Å². The van der Waals surface area contributed by atoms with Gasteiger partial charge in [-0.15, -0.1) is 0 Å². The highest BCUT2D eigenvalue weighted by atomic mass is 28.3. The lowest BCUT2D eigenvalue weighted by atomic mass is 9.87. The molecule has 0 aliphatic carbocycles. The maximum Gasteiger partial charge on any atom is 0.254 e. The minimum absolute atomic E-state index is 0.0208. The van der Waals surface area contributed by atoms with E-state index in [0.717, 1.165) is 58.3 Å². The molecule has 1 aromatic carbocycles. The van der Waals surface area contributed by atoms with Crippen LogP contribution in [0.4, 0.5) is 0 Å². The number of fused-ring (bicyclic) bond motifs is 2. The molecule has 1 atom stereocenters. The summed E-state index contributed by atoms with van der Waals surface area (Å²) >= 11 is 0. The first kappa shape index (κ1) is 28.9. The molecule has 0 saturated carbocycles. The summed E-state index contributed by atoms with van der Waals surface area (Å²) < 4.78 is 13.8. The van der Waals surface area contributed by atoms with Crippen molar-refractivity contribution < 1.29 is 19.4 Å². The van der Waals surface area contributed by atoms with Crippen molar-refractivity contribution in [2.45, 2.75) is 77.8 Å². The summed E-state index contributed by atoms with van der Waals surface area (Å²) in [6, 6.07) is 5.51. The van der Waals surface area contributed by atoms with Gasteiger partial charge in [-0.25, -0.2) is 9.97 Å². The molecule has 0 bridgehead atoms. The van der Waals surface area contributed by atoms with Crippen LogP contribution in [0.1, 0.15) is 42.1 Å². The van der Waals surface area contributed by atoms with Gasteiger partial charge in [-0.1, -0.05) is 19.6 Å². The summed E-state index contributed by atoms with van der Waals surface area (Å²) in [4.78, 5) is 24.6. The van der Waals surface area contributed by atoms with Gasteiger partial charge in [0.15, 0.2) is 5.65 Å². The van der Waals surface area contributed by atoms with E-state index in [-0.39, 0.29) is 11.9 Å². The summed E-state index contributed by atoms with van der Waals surface area (Å²) in [5, 5.41) is 13.9. The largest absolute Gasteiger partial charge is 0.381 e.